The van der Waals surface area contributed by atoms with Gasteiger partial charge in [-0.3, -0.25) is 9.48 Å². The highest BCUT2D eigenvalue weighted by Gasteiger charge is 2.22. The van der Waals surface area contributed by atoms with Gasteiger partial charge in [-0.15, -0.1) is 0 Å². The number of carbonyl (C=O) groups excluding carboxylic acids is 1. The Morgan fingerprint density at radius 2 is 1.62 bits per heavy atom. The van der Waals surface area contributed by atoms with Crippen molar-refractivity contribution in [2.24, 2.45) is 7.05 Å². The highest BCUT2D eigenvalue weighted by Crippen LogP contribution is 2.30. The van der Waals surface area contributed by atoms with Gasteiger partial charge in [0, 0.05) is 47.5 Å². The number of para-hydroxylation sites is 1. The monoisotopic (exact) mass is 412 g/mol. The van der Waals surface area contributed by atoms with Gasteiger partial charge in [-0.25, -0.2) is 4.98 Å². The summed E-state index contributed by atoms with van der Waals surface area (Å²) in [6, 6.07) is 11.5. The second-order valence-electron chi connectivity index (χ2n) is 5.52. The normalized spacial score (nSPS) is 9.24. The van der Waals surface area contributed by atoms with Crippen molar-refractivity contribution in [3.8, 4) is 0 Å². The number of aryl methyl sites for hydroxylation is 2. The average Bonchev–Trinajstić information content (AvgIpc) is 3.35. The van der Waals surface area contributed by atoms with Crippen LogP contribution in [-0.4, -0.2) is 43.2 Å². The van der Waals surface area contributed by atoms with Gasteiger partial charge in [-0.1, -0.05) is 57.2 Å². The molecule has 2 heterocycles. The first-order valence-electron chi connectivity index (χ1n) is 9.51. The van der Waals surface area contributed by atoms with Gasteiger partial charge in [0.05, 0.1) is 5.69 Å². The fourth-order valence-electron chi connectivity index (χ4n) is 2.32. The molecular formula is C21H31BN5OS. The molecule has 2 aromatic heterocycles. The summed E-state index contributed by atoms with van der Waals surface area (Å²) >= 11 is 1.38. The zero-order valence-corrected chi connectivity index (χ0v) is 19.5. The van der Waals surface area contributed by atoms with Crippen LogP contribution < -0.4 is 9.80 Å². The lowest BCUT2D eigenvalue weighted by molar-refractivity contribution is 0.0996. The second-order valence-corrected chi connectivity index (χ2v) is 6.49. The van der Waals surface area contributed by atoms with E-state index in [0.29, 0.717) is 4.88 Å². The first kappa shape index (κ1) is 26.4. The molecule has 8 heteroatoms. The maximum Gasteiger partial charge on any atom is 0.270 e. The number of hydrogen-bond donors (Lipinski definition) is 0. The van der Waals surface area contributed by atoms with Gasteiger partial charge in [0.25, 0.3) is 5.91 Å². The molecule has 3 aromatic rings. The zero-order chi connectivity index (χ0) is 21.3. The van der Waals surface area contributed by atoms with Crippen molar-refractivity contribution in [2.45, 2.75) is 34.6 Å². The van der Waals surface area contributed by atoms with Gasteiger partial charge >= 0.3 is 0 Å². The van der Waals surface area contributed by atoms with Crippen molar-refractivity contribution in [2.75, 3.05) is 23.9 Å². The van der Waals surface area contributed by atoms with Crippen molar-refractivity contribution in [1.82, 2.24) is 14.8 Å². The minimum Gasteiger partial charge on any atom is -0.311 e. The van der Waals surface area contributed by atoms with E-state index in [1.807, 2.05) is 96.2 Å². The molecule has 0 saturated heterocycles. The minimum atomic E-state index is -0.0585. The summed E-state index contributed by atoms with van der Waals surface area (Å²) in [4.78, 5) is 21.5. The molecule has 0 unspecified atom stereocenters. The average molecular weight is 412 g/mol. The number of thiazole rings is 1. The molecule has 0 atom stereocenters. The van der Waals surface area contributed by atoms with Crippen LogP contribution in [-0.2, 0) is 7.05 Å². The molecule has 155 valence electrons. The molecule has 0 aliphatic heterocycles. The molecule has 0 N–H and O–H groups in total. The highest BCUT2D eigenvalue weighted by molar-refractivity contribution is 7.17. The van der Waals surface area contributed by atoms with Crippen LogP contribution in [0, 0.1) is 6.92 Å². The molecule has 1 amide bonds. The molecular weight excluding hydrogens is 381 g/mol. The van der Waals surface area contributed by atoms with Gasteiger partial charge in [0.2, 0.25) is 0 Å². The van der Waals surface area contributed by atoms with E-state index in [4.69, 9.17) is 0 Å². The third-order valence-corrected chi connectivity index (χ3v) is 4.98. The van der Waals surface area contributed by atoms with Crippen molar-refractivity contribution in [1.29, 1.82) is 0 Å². The molecule has 1 aromatic carbocycles. The topological polar surface area (TPSA) is 54.3 Å². The Morgan fingerprint density at radius 3 is 2.14 bits per heavy atom. The van der Waals surface area contributed by atoms with E-state index in [2.05, 4.69) is 10.1 Å². The highest BCUT2D eigenvalue weighted by atomic mass is 32.1. The summed E-state index contributed by atoms with van der Waals surface area (Å²) < 4.78 is 1.74. The fourth-order valence-corrected chi connectivity index (χ4v) is 3.34. The van der Waals surface area contributed by atoms with Crippen LogP contribution in [0.1, 0.15) is 43.1 Å². The lowest BCUT2D eigenvalue weighted by Gasteiger charge is -2.16. The first-order chi connectivity index (χ1) is 13.5. The molecule has 0 saturated carbocycles. The summed E-state index contributed by atoms with van der Waals surface area (Å²) in [6.45, 7) is 9.86. The lowest BCUT2D eigenvalue weighted by Crippen LogP contribution is -2.25. The van der Waals surface area contributed by atoms with E-state index in [0.717, 1.165) is 22.3 Å². The number of rotatable bonds is 4. The van der Waals surface area contributed by atoms with Crippen LogP contribution in [0.4, 0.5) is 16.6 Å². The van der Waals surface area contributed by atoms with Gasteiger partial charge in [0.1, 0.15) is 4.88 Å². The predicted octanol–water partition coefficient (Wildman–Crippen LogP) is 4.90. The quantitative estimate of drug-likeness (QED) is 0.572. The number of hydrogen-bond acceptors (Lipinski definition) is 5. The molecule has 0 aliphatic carbocycles. The maximum atomic E-state index is 12.8. The number of amides is 1. The van der Waals surface area contributed by atoms with Crippen molar-refractivity contribution in [3.63, 3.8) is 0 Å². The maximum absolute atomic E-state index is 12.8. The lowest BCUT2D eigenvalue weighted by atomic mass is 10.3. The van der Waals surface area contributed by atoms with Gasteiger partial charge in [-0.2, -0.15) is 5.10 Å². The zero-order valence-electron chi connectivity index (χ0n) is 18.7. The van der Waals surface area contributed by atoms with Crippen LogP contribution in [0.25, 0.3) is 0 Å². The SMILES string of the molecule is CC.CC.Cc1nc(N(C)c2ccn(C)n2)sc1C(=O)N(C)c1ccccc1.[B]. The van der Waals surface area contributed by atoms with Crippen LogP contribution in [0.3, 0.4) is 0 Å². The Labute approximate surface area is 180 Å². The van der Waals surface area contributed by atoms with E-state index < -0.39 is 0 Å². The third-order valence-electron chi connectivity index (χ3n) is 3.76. The summed E-state index contributed by atoms with van der Waals surface area (Å²) in [5.41, 5.74) is 1.58. The summed E-state index contributed by atoms with van der Waals surface area (Å²) in [7, 11) is 5.54. The molecule has 0 aliphatic rings. The van der Waals surface area contributed by atoms with Gasteiger partial charge < -0.3 is 9.80 Å². The van der Waals surface area contributed by atoms with Crippen molar-refractivity contribution < 1.29 is 4.79 Å². The number of aromatic nitrogens is 3. The first-order valence-corrected chi connectivity index (χ1v) is 10.3. The molecule has 0 spiro atoms. The number of nitrogens with zero attached hydrogens (tertiary/aromatic N) is 5. The minimum absolute atomic E-state index is 0. The summed E-state index contributed by atoms with van der Waals surface area (Å²) in [5, 5.41) is 5.11. The van der Waals surface area contributed by atoms with E-state index in [-0.39, 0.29) is 14.3 Å². The van der Waals surface area contributed by atoms with Crippen LogP contribution >= 0.6 is 11.3 Å². The summed E-state index contributed by atoms with van der Waals surface area (Å²) in [6.07, 6.45) is 1.88. The molecule has 0 bridgehead atoms. The van der Waals surface area contributed by atoms with Gasteiger partial charge in [0.15, 0.2) is 10.9 Å². The van der Waals surface area contributed by atoms with E-state index >= 15 is 0 Å². The van der Waals surface area contributed by atoms with Gasteiger partial charge in [-0.05, 0) is 19.1 Å². The van der Waals surface area contributed by atoms with Crippen LogP contribution in [0.5, 0.6) is 0 Å². The van der Waals surface area contributed by atoms with E-state index in [9.17, 15) is 4.79 Å². The Balaban J connectivity index is 0.00000148. The molecule has 0 fully saturated rings. The number of benzene rings is 1. The van der Waals surface area contributed by atoms with Crippen molar-refractivity contribution in [3.05, 3.63) is 53.2 Å². The third kappa shape index (κ3) is 6.46. The van der Waals surface area contributed by atoms with Crippen LogP contribution in [0.15, 0.2) is 42.6 Å². The fraction of sp³-hybridized carbons (Fsp3) is 0.381. The molecule has 6 nitrogen and oxygen atoms in total. The second kappa shape index (κ2) is 12.8. The Hall–Kier alpha value is -2.61. The Kier molecular flexibility index (Phi) is 11.6. The number of anilines is 3. The standard InChI is InChI=1S/C17H19N5OS.2C2H6.B/c1-12-15(16(23)21(3)13-8-6-5-7-9-13)24-17(18-12)22(4)14-10-11-20(2)19-14;2*1-2;/h5-11H,1-4H3;2*1-2H3;. The smallest absolute Gasteiger partial charge is 0.270 e. The Morgan fingerprint density at radius 1 is 1.03 bits per heavy atom. The largest absolute Gasteiger partial charge is 0.311 e. The molecule has 3 rings (SSSR count). The van der Waals surface area contributed by atoms with E-state index in [1.54, 1.807) is 16.6 Å². The number of carbonyl (C=O) groups is 1. The molecule has 3 radical (unpaired) electrons. The Bertz CT molecular complexity index is 863. The van der Waals surface area contributed by atoms with Crippen molar-refractivity contribution >= 4 is 42.3 Å². The van der Waals surface area contributed by atoms with Crippen LogP contribution in [0.2, 0.25) is 0 Å². The molecule has 29 heavy (non-hydrogen) atoms. The van der Waals surface area contributed by atoms with E-state index in [1.165, 1.54) is 11.3 Å². The summed E-state index contributed by atoms with van der Waals surface area (Å²) in [5.74, 6) is 0.735. The predicted molar refractivity (Wildman–Crippen MR) is 126 cm³/mol.